The Labute approximate surface area is 133 Å². The first-order chi connectivity index (χ1) is 10.4. The number of carboxylic acid groups (broad SMARTS) is 1. The van der Waals surface area contributed by atoms with Gasteiger partial charge in [-0.3, -0.25) is 4.79 Å². The summed E-state index contributed by atoms with van der Waals surface area (Å²) in [5.74, 6) is -1.06. The maximum absolute atomic E-state index is 11.9. The highest BCUT2D eigenvalue weighted by Gasteiger charge is 2.17. The SMILES string of the molecule is CCOC(=O)C(=Cc1cc(OC)c(Cl)cc1OC)CC(=O)O. The molecular weight excluding hydrogens is 312 g/mol. The average Bonchev–Trinajstić information content (AvgIpc) is 2.47. The molecule has 0 heterocycles. The Bertz CT molecular complexity index is 594. The quantitative estimate of drug-likeness (QED) is 0.612. The Hall–Kier alpha value is -2.21. The number of halogens is 1. The van der Waals surface area contributed by atoms with Gasteiger partial charge in [-0.2, -0.15) is 0 Å². The van der Waals surface area contributed by atoms with Crippen molar-refractivity contribution < 1.29 is 28.9 Å². The molecule has 0 spiro atoms. The molecular formula is C15H17ClO6. The molecule has 7 heteroatoms. The molecule has 0 saturated carbocycles. The lowest BCUT2D eigenvalue weighted by Crippen LogP contribution is -2.11. The van der Waals surface area contributed by atoms with Crippen LogP contribution in [0.3, 0.4) is 0 Å². The van der Waals surface area contributed by atoms with E-state index in [9.17, 15) is 9.59 Å². The van der Waals surface area contributed by atoms with E-state index in [0.717, 1.165) is 0 Å². The van der Waals surface area contributed by atoms with Gasteiger partial charge in [0.2, 0.25) is 0 Å². The summed E-state index contributed by atoms with van der Waals surface area (Å²) in [6.45, 7) is 1.79. The third-order valence-electron chi connectivity index (χ3n) is 2.71. The Morgan fingerprint density at radius 2 is 1.86 bits per heavy atom. The zero-order valence-corrected chi connectivity index (χ0v) is 13.3. The summed E-state index contributed by atoms with van der Waals surface area (Å²) in [5, 5.41) is 9.26. The Morgan fingerprint density at radius 3 is 2.36 bits per heavy atom. The summed E-state index contributed by atoms with van der Waals surface area (Å²) in [4.78, 5) is 22.8. The first-order valence-corrected chi connectivity index (χ1v) is 6.81. The maximum atomic E-state index is 11.9. The summed E-state index contributed by atoms with van der Waals surface area (Å²) < 4.78 is 15.2. The fourth-order valence-electron chi connectivity index (χ4n) is 1.75. The second-order valence-electron chi connectivity index (χ2n) is 4.19. The number of esters is 1. The zero-order chi connectivity index (χ0) is 16.7. The van der Waals surface area contributed by atoms with Crippen LogP contribution < -0.4 is 9.47 Å². The Kier molecular flexibility index (Phi) is 6.72. The molecule has 0 radical (unpaired) electrons. The molecule has 6 nitrogen and oxygen atoms in total. The maximum Gasteiger partial charge on any atom is 0.334 e. The number of carbonyl (C=O) groups is 2. The lowest BCUT2D eigenvalue weighted by Gasteiger charge is -2.11. The van der Waals surface area contributed by atoms with Gasteiger partial charge in [-0.25, -0.2) is 4.79 Å². The van der Waals surface area contributed by atoms with E-state index in [1.807, 2.05) is 0 Å². The fourth-order valence-corrected chi connectivity index (χ4v) is 1.98. The summed E-state index contributed by atoms with van der Waals surface area (Å²) in [5.41, 5.74) is 0.463. The van der Waals surface area contributed by atoms with Crippen LogP contribution in [-0.4, -0.2) is 37.9 Å². The number of ether oxygens (including phenoxy) is 3. The normalized spacial score (nSPS) is 11.0. The number of hydrogen-bond acceptors (Lipinski definition) is 5. The van der Waals surface area contributed by atoms with Crippen LogP contribution in [0.4, 0.5) is 0 Å². The minimum Gasteiger partial charge on any atom is -0.496 e. The van der Waals surface area contributed by atoms with Crippen LogP contribution in [0.25, 0.3) is 6.08 Å². The number of methoxy groups -OCH3 is 2. The van der Waals surface area contributed by atoms with Crippen molar-refractivity contribution >= 4 is 29.6 Å². The molecule has 0 bridgehead atoms. The molecule has 0 fully saturated rings. The van der Waals surface area contributed by atoms with E-state index in [-0.39, 0.29) is 12.2 Å². The lowest BCUT2D eigenvalue weighted by atomic mass is 10.1. The second-order valence-corrected chi connectivity index (χ2v) is 4.60. The molecule has 120 valence electrons. The van der Waals surface area contributed by atoms with Gasteiger partial charge in [0.25, 0.3) is 0 Å². The van der Waals surface area contributed by atoms with E-state index >= 15 is 0 Å². The van der Waals surface area contributed by atoms with Crippen LogP contribution >= 0.6 is 11.6 Å². The van der Waals surface area contributed by atoms with Crippen molar-refractivity contribution in [2.45, 2.75) is 13.3 Å². The first-order valence-electron chi connectivity index (χ1n) is 6.43. The third kappa shape index (κ3) is 4.66. The highest BCUT2D eigenvalue weighted by atomic mass is 35.5. The van der Waals surface area contributed by atoms with Crippen molar-refractivity contribution in [3.8, 4) is 11.5 Å². The van der Waals surface area contributed by atoms with Gasteiger partial charge in [-0.1, -0.05) is 11.6 Å². The molecule has 1 aromatic rings. The topological polar surface area (TPSA) is 82.1 Å². The van der Waals surface area contributed by atoms with Crippen molar-refractivity contribution in [1.29, 1.82) is 0 Å². The number of carboxylic acids is 1. The van der Waals surface area contributed by atoms with Crippen molar-refractivity contribution in [1.82, 2.24) is 0 Å². The van der Waals surface area contributed by atoms with Gasteiger partial charge in [0.05, 0.1) is 32.3 Å². The molecule has 1 rings (SSSR count). The summed E-state index contributed by atoms with van der Waals surface area (Å²) >= 11 is 6.00. The van der Waals surface area contributed by atoms with Crippen LogP contribution in [0.1, 0.15) is 18.9 Å². The highest BCUT2D eigenvalue weighted by Crippen LogP contribution is 2.34. The number of rotatable bonds is 7. The van der Waals surface area contributed by atoms with E-state index in [2.05, 4.69) is 0 Å². The van der Waals surface area contributed by atoms with Gasteiger partial charge in [-0.05, 0) is 19.1 Å². The molecule has 0 aliphatic carbocycles. The zero-order valence-electron chi connectivity index (χ0n) is 12.5. The number of carbonyl (C=O) groups excluding carboxylic acids is 1. The predicted molar refractivity (Wildman–Crippen MR) is 81.4 cm³/mol. The van der Waals surface area contributed by atoms with Gasteiger partial charge >= 0.3 is 11.9 Å². The van der Waals surface area contributed by atoms with Gasteiger partial charge < -0.3 is 19.3 Å². The smallest absolute Gasteiger partial charge is 0.334 e. The molecule has 0 aliphatic rings. The lowest BCUT2D eigenvalue weighted by molar-refractivity contribution is -0.142. The number of benzene rings is 1. The van der Waals surface area contributed by atoms with Crippen LogP contribution in [0.5, 0.6) is 11.5 Å². The average molecular weight is 329 g/mol. The largest absolute Gasteiger partial charge is 0.496 e. The Morgan fingerprint density at radius 1 is 1.23 bits per heavy atom. The minimum absolute atomic E-state index is 0.00275. The van der Waals surface area contributed by atoms with Crippen LogP contribution in [0.2, 0.25) is 5.02 Å². The molecule has 0 saturated heterocycles. The fraction of sp³-hybridized carbons (Fsp3) is 0.333. The molecule has 0 aliphatic heterocycles. The first kappa shape index (κ1) is 17.8. The number of aliphatic carboxylic acids is 1. The third-order valence-corrected chi connectivity index (χ3v) is 3.01. The molecule has 0 aromatic heterocycles. The second kappa shape index (κ2) is 8.29. The van der Waals surface area contributed by atoms with Gasteiger partial charge in [0.15, 0.2) is 0 Å². The van der Waals surface area contributed by atoms with Crippen molar-refractivity contribution in [2.24, 2.45) is 0 Å². The van der Waals surface area contributed by atoms with E-state index in [1.54, 1.807) is 13.0 Å². The summed E-state index contributed by atoms with van der Waals surface area (Å²) in [6.07, 6.45) is 0.927. The molecule has 1 N–H and O–H groups in total. The van der Waals surface area contributed by atoms with Crippen molar-refractivity contribution in [3.63, 3.8) is 0 Å². The van der Waals surface area contributed by atoms with Crippen molar-refractivity contribution in [3.05, 3.63) is 28.3 Å². The minimum atomic E-state index is -1.14. The standard InChI is InChI=1S/C15H17ClO6/c1-4-22-15(19)10(7-14(17)18)5-9-6-13(21-3)11(16)8-12(9)20-2/h5-6,8H,4,7H2,1-3H3,(H,17,18). The van der Waals surface area contributed by atoms with Crippen molar-refractivity contribution in [2.75, 3.05) is 20.8 Å². The monoisotopic (exact) mass is 328 g/mol. The van der Waals surface area contributed by atoms with Crippen LogP contribution in [-0.2, 0) is 14.3 Å². The van der Waals surface area contributed by atoms with E-state index in [1.165, 1.54) is 26.4 Å². The number of hydrogen-bond donors (Lipinski definition) is 1. The predicted octanol–water partition coefficient (Wildman–Crippen LogP) is 2.78. The molecule has 22 heavy (non-hydrogen) atoms. The summed E-state index contributed by atoms with van der Waals surface area (Å²) in [7, 11) is 2.89. The van der Waals surface area contributed by atoms with E-state index < -0.39 is 18.4 Å². The molecule has 0 atom stereocenters. The summed E-state index contributed by atoms with van der Waals surface area (Å²) in [6, 6.07) is 3.08. The van der Waals surface area contributed by atoms with Gasteiger partial charge in [0.1, 0.15) is 11.5 Å². The molecule has 0 unspecified atom stereocenters. The van der Waals surface area contributed by atoms with E-state index in [0.29, 0.717) is 22.1 Å². The van der Waals surface area contributed by atoms with Gasteiger partial charge in [0, 0.05) is 17.2 Å². The highest BCUT2D eigenvalue weighted by molar-refractivity contribution is 6.32. The Balaban J connectivity index is 3.34. The van der Waals surface area contributed by atoms with Crippen LogP contribution in [0.15, 0.2) is 17.7 Å². The van der Waals surface area contributed by atoms with E-state index in [4.69, 9.17) is 30.9 Å². The molecule has 1 aromatic carbocycles. The van der Waals surface area contributed by atoms with Gasteiger partial charge in [-0.15, -0.1) is 0 Å². The molecule has 0 amide bonds. The van der Waals surface area contributed by atoms with Crippen LogP contribution in [0, 0.1) is 0 Å².